The van der Waals surface area contributed by atoms with Crippen LogP contribution in [0.1, 0.15) is 52.4 Å². The summed E-state index contributed by atoms with van der Waals surface area (Å²) < 4.78 is 0. The number of carbonyl (C=O) groups excluding carboxylic acids is 1. The first-order valence-corrected chi connectivity index (χ1v) is 8.11. The second-order valence-corrected chi connectivity index (χ2v) is 7.35. The molecule has 3 heteroatoms. The quantitative estimate of drug-likeness (QED) is 0.800. The molecule has 0 heterocycles. The molecule has 4 aliphatic carbocycles. The van der Waals surface area contributed by atoms with Crippen molar-refractivity contribution in [2.75, 3.05) is 13.1 Å². The SMILES string of the molecule is CCNCC(=O)NC(C)C12CC3CC(CC(C3)C1)C2. The molecule has 0 radical (unpaired) electrons. The van der Waals surface area contributed by atoms with Crippen molar-refractivity contribution in [2.45, 2.75) is 58.4 Å². The highest BCUT2D eigenvalue weighted by molar-refractivity contribution is 5.78. The molecule has 1 unspecified atom stereocenters. The zero-order valence-corrected chi connectivity index (χ0v) is 12.4. The summed E-state index contributed by atoms with van der Waals surface area (Å²) in [7, 11) is 0. The number of nitrogens with one attached hydrogen (secondary N) is 2. The Hall–Kier alpha value is -0.570. The Bertz CT molecular complexity index is 317. The van der Waals surface area contributed by atoms with E-state index in [4.69, 9.17) is 0 Å². The van der Waals surface area contributed by atoms with Crippen LogP contribution in [0.4, 0.5) is 0 Å². The normalized spacial score (nSPS) is 41.3. The van der Waals surface area contributed by atoms with Crippen molar-refractivity contribution in [1.82, 2.24) is 10.6 Å². The largest absolute Gasteiger partial charge is 0.352 e. The monoisotopic (exact) mass is 264 g/mol. The van der Waals surface area contributed by atoms with Gasteiger partial charge in [0.1, 0.15) is 0 Å². The van der Waals surface area contributed by atoms with Gasteiger partial charge in [-0.25, -0.2) is 0 Å². The summed E-state index contributed by atoms with van der Waals surface area (Å²) in [5, 5.41) is 6.39. The van der Waals surface area contributed by atoms with E-state index in [0.717, 1.165) is 24.3 Å². The Balaban J connectivity index is 1.63. The van der Waals surface area contributed by atoms with Gasteiger partial charge in [-0.1, -0.05) is 6.92 Å². The molecule has 4 fully saturated rings. The van der Waals surface area contributed by atoms with E-state index in [1.54, 1.807) is 0 Å². The van der Waals surface area contributed by atoms with Gasteiger partial charge >= 0.3 is 0 Å². The number of likely N-dealkylation sites (N-methyl/N-ethyl adjacent to an activating group) is 1. The van der Waals surface area contributed by atoms with Crippen molar-refractivity contribution < 1.29 is 4.79 Å². The predicted octanol–water partition coefficient (Wildman–Crippen LogP) is 2.32. The first-order valence-electron chi connectivity index (χ1n) is 8.11. The Morgan fingerprint density at radius 2 is 1.68 bits per heavy atom. The van der Waals surface area contributed by atoms with E-state index in [9.17, 15) is 4.79 Å². The summed E-state index contributed by atoms with van der Waals surface area (Å²) in [4.78, 5) is 11.9. The summed E-state index contributed by atoms with van der Waals surface area (Å²) in [5.41, 5.74) is 0.427. The fraction of sp³-hybridized carbons (Fsp3) is 0.938. The highest BCUT2D eigenvalue weighted by Crippen LogP contribution is 2.61. The minimum Gasteiger partial charge on any atom is -0.352 e. The van der Waals surface area contributed by atoms with Crippen LogP contribution in [0.3, 0.4) is 0 Å². The van der Waals surface area contributed by atoms with E-state index < -0.39 is 0 Å². The van der Waals surface area contributed by atoms with E-state index >= 15 is 0 Å². The van der Waals surface area contributed by atoms with E-state index in [1.165, 1.54) is 38.5 Å². The third-order valence-corrected chi connectivity index (χ3v) is 5.92. The van der Waals surface area contributed by atoms with Crippen molar-refractivity contribution in [3.63, 3.8) is 0 Å². The number of hydrogen-bond acceptors (Lipinski definition) is 2. The van der Waals surface area contributed by atoms with Crippen molar-refractivity contribution in [3.05, 3.63) is 0 Å². The van der Waals surface area contributed by atoms with Gasteiger partial charge in [-0.05, 0) is 75.2 Å². The molecule has 0 aromatic heterocycles. The van der Waals surface area contributed by atoms with Crippen LogP contribution < -0.4 is 10.6 Å². The third kappa shape index (κ3) is 2.54. The third-order valence-electron chi connectivity index (χ3n) is 5.92. The van der Waals surface area contributed by atoms with Gasteiger partial charge < -0.3 is 10.6 Å². The van der Waals surface area contributed by atoms with Gasteiger partial charge in [-0.2, -0.15) is 0 Å². The second kappa shape index (κ2) is 5.08. The molecule has 0 saturated heterocycles. The molecule has 1 atom stereocenters. The second-order valence-electron chi connectivity index (χ2n) is 7.35. The van der Waals surface area contributed by atoms with E-state index in [1.807, 2.05) is 6.92 Å². The lowest BCUT2D eigenvalue weighted by Gasteiger charge is -2.59. The maximum atomic E-state index is 11.9. The molecule has 0 aromatic rings. The lowest BCUT2D eigenvalue weighted by Crippen LogP contribution is -2.56. The zero-order valence-electron chi connectivity index (χ0n) is 12.4. The van der Waals surface area contributed by atoms with Crippen LogP contribution in [0.5, 0.6) is 0 Å². The molecule has 2 N–H and O–H groups in total. The molecule has 4 saturated carbocycles. The molecule has 0 aliphatic heterocycles. The molecule has 4 rings (SSSR count). The van der Waals surface area contributed by atoms with Crippen LogP contribution in [0.25, 0.3) is 0 Å². The van der Waals surface area contributed by atoms with Crippen molar-refractivity contribution >= 4 is 5.91 Å². The van der Waals surface area contributed by atoms with Crippen LogP contribution in [0.15, 0.2) is 0 Å². The smallest absolute Gasteiger partial charge is 0.234 e. The van der Waals surface area contributed by atoms with E-state index in [0.29, 0.717) is 18.0 Å². The topological polar surface area (TPSA) is 41.1 Å². The summed E-state index contributed by atoms with van der Waals surface area (Å²) >= 11 is 0. The molecule has 0 aromatic carbocycles. The molecule has 4 aliphatic rings. The van der Waals surface area contributed by atoms with Gasteiger partial charge in [0, 0.05) is 6.04 Å². The van der Waals surface area contributed by atoms with Gasteiger partial charge in [0.2, 0.25) is 5.91 Å². The molecule has 3 nitrogen and oxygen atoms in total. The summed E-state index contributed by atoms with van der Waals surface area (Å²) in [6, 6.07) is 0.354. The highest BCUT2D eigenvalue weighted by atomic mass is 16.1. The molecular weight excluding hydrogens is 236 g/mol. The van der Waals surface area contributed by atoms with Crippen LogP contribution in [-0.2, 0) is 4.79 Å². The standard InChI is InChI=1S/C16H28N2O/c1-3-17-10-15(19)18-11(2)16-7-12-4-13(8-16)6-14(5-12)9-16/h11-14,17H,3-10H2,1-2H3,(H,18,19). The number of carbonyl (C=O) groups is 1. The molecule has 1 amide bonds. The first-order chi connectivity index (χ1) is 9.11. The average molecular weight is 264 g/mol. The van der Waals surface area contributed by atoms with Gasteiger partial charge in [-0.3, -0.25) is 4.79 Å². The average Bonchev–Trinajstić information content (AvgIpc) is 2.34. The van der Waals surface area contributed by atoms with Gasteiger partial charge in [0.05, 0.1) is 6.54 Å². The minimum absolute atomic E-state index is 0.171. The lowest BCUT2D eigenvalue weighted by molar-refractivity contribution is -0.125. The molecular formula is C16H28N2O. The van der Waals surface area contributed by atoms with Gasteiger partial charge in [0.25, 0.3) is 0 Å². The molecule has 4 bridgehead atoms. The van der Waals surface area contributed by atoms with Crippen LogP contribution in [0, 0.1) is 23.2 Å². The summed E-state index contributed by atoms with van der Waals surface area (Å²) in [6.07, 6.45) is 8.50. The summed E-state index contributed by atoms with van der Waals surface area (Å²) in [5.74, 6) is 3.04. The van der Waals surface area contributed by atoms with Crippen LogP contribution in [-0.4, -0.2) is 25.0 Å². The van der Waals surface area contributed by atoms with Crippen LogP contribution in [0.2, 0.25) is 0 Å². The lowest BCUT2D eigenvalue weighted by atomic mass is 9.48. The Kier molecular flexibility index (Phi) is 3.59. The maximum absolute atomic E-state index is 11.9. The van der Waals surface area contributed by atoms with Gasteiger partial charge in [0.15, 0.2) is 0 Å². The number of amides is 1. The number of hydrogen-bond donors (Lipinski definition) is 2. The maximum Gasteiger partial charge on any atom is 0.234 e. The van der Waals surface area contributed by atoms with Crippen molar-refractivity contribution in [1.29, 1.82) is 0 Å². The Morgan fingerprint density at radius 1 is 1.16 bits per heavy atom. The number of rotatable bonds is 5. The fourth-order valence-corrected chi connectivity index (χ4v) is 5.39. The summed E-state index contributed by atoms with van der Waals surface area (Å²) in [6.45, 7) is 5.61. The minimum atomic E-state index is 0.171. The van der Waals surface area contributed by atoms with Crippen molar-refractivity contribution in [3.8, 4) is 0 Å². The van der Waals surface area contributed by atoms with E-state index in [2.05, 4.69) is 17.6 Å². The van der Waals surface area contributed by atoms with Crippen molar-refractivity contribution in [2.24, 2.45) is 23.2 Å². The zero-order chi connectivity index (χ0) is 13.5. The highest BCUT2D eigenvalue weighted by Gasteiger charge is 2.53. The first kappa shape index (κ1) is 13.4. The Morgan fingerprint density at radius 3 is 2.16 bits per heavy atom. The Labute approximate surface area is 116 Å². The molecule has 108 valence electrons. The fourth-order valence-electron chi connectivity index (χ4n) is 5.39. The molecule has 19 heavy (non-hydrogen) atoms. The predicted molar refractivity (Wildman–Crippen MR) is 76.8 cm³/mol. The molecule has 0 spiro atoms. The van der Waals surface area contributed by atoms with Gasteiger partial charge in [-0.15, -0.1) is 0 Å². The van der Waals surface area contributed by atoms with Crippen LogP contribution >= 0.6 is 0 Å². The van der Waals surface area contributed by atoms with E-state index in [-0.39, 0.29) is 5.91 Å².